The minimum atomic E-state index is 1.12. The summed E-state index contributed by atoms with van der Waals surface area (Å²) in [4.78, 5) is 2.37. The van der Waals surface area contributed by atoms with Crippen LogP contribution in [0.1, 0.15) is 6.92 Å². The molecule has 0 bridgehead atoms. The van der Waals surface area contributed by atoms with Gasteiger partial charge in [-0.25, -0.2) is 0 Å². The molecule has 40 heavy (non-hydrogen) atoms. The number of nitrogens with zero attached hydrogens (tertiary/aromatic N) is 3. The Morgan fingerprint density at radius 2 is 1.20 bits per heavy atom. The average Bonchev–Trinajstić information content (AvgIpc) is 3.52. The predicted molar refractivity (Wildman–Crippen MR) is 171 cm³/mol. The Bertz CT molecular complexity index is 2130. The molecule has 0 aliphatic carbocycles. The van der Waals surface area contributed by atoms with Crippen LogP contribution in [0.3, 0.4) is 0 Å². The van der Waals surface area contributed by atoms with Crippen molar-refractivity contribution in [2.24, 2.45) is 0 Å². The average molecular weight is 514 g/mol. The van der Waals surface area contributed by atoms with E-state index >= 15 is 0 Å². The van der Waals surface area contributed by atoms with Gasteiger partial charge in [-0.2, -0.15) is 0 Å². The van der Waals surface area contributed by atoms with Crippen molar-refractivity contribution >= 4 is 60.7 Å². The topological polar surface area (TPSA) is 13.1 Å². The molecule has 0 radical (unpaired) electrons. The van der Waals surface area contributed by atoms with Crippen LogP contribution in [0.25, 0.3) is 55.0 Å². The van der Waals surface area contributed by atoms with E-state index in [1.54, 1.807) is 0 Å². The monoisotopic (exact) mass is 513 g/mol. The van der Waals surface area contributed by atoms with Crippen LogP contribution in [0, 0.1) is 0 Å². The maximum Gasteiger partial charge on any atom is 0.0783 e. The Labute approximate surface area is 232 Å². The zero-order valence-electron chi connectivity index (χ0n) is 22.3. The molecule has 0 N–H and O–H groups in total. The Morgan fingerprint density at radius 1 is 0.550 bits per heavy atom. The number of para-hydroxylation sites is 4. The third-order valence-electron chi connectivity index (χ3n) is 8.14. The SMILES string of the molecule is C=CC=C1/C(=C\C)N(c2ccccc2)c2cccc3c4cc(-n5c6ccccc6c6ccccc65)ccc4n1c23. The van der Waals surface area contributed by atoms with Crippen LogP contribution >= 0.6 is 0 Å². The number of anilines is 2. The molecule has 1 aliphatic rings. The molecule has 0 unspecified atom stereocenters. The van der Waals surface area contributed by atoms with Crippen molar-refractivity contribution in [3.8, 4) is 5.69 Å². The minimum Gasteiger partial charge on any atom is -0.309 e. The fourth-order valence-electron chi connectivity index (χ4n) is 6.57. The van der Waals surface area contributed by atoms with E-state index in [9.17, 15) is 0 Å². The molecule has 2 aromatic heterocycles. The summed E-state index contributed by atoms with van der Waals surface area (Å²) in [5, 5.41) is 5.01. The summed E-state index contributed by atoms with van der Waals surface area (Å²) in [6, 6.07) is 41.5. The van der Waals surface area contributed by atoms with E-state index in [1.807, 2.05) is 6.08 Å². The van der Waals surface area contributed by atoms with Crippen molar-refractivity contribution in [3.63, 3.8) is 0 Å². The van der Waals surface area contributed by atoms with Gasteiger partial charge in [0.1, 0.15) is 0 Å². The van der Waals surface area contributed by atoms with Crippen molar-refractivity contribution in [2.45, 2.75) is 6.92 Å². The highest BCUT2D eigenvalue weighted by Gasteiger charge is 2.30. The maximum atomic E-state index is 4.07. The fourth-order valence-corrected chi connectivity index (χ4v) is 6.57. The second-order valence-electron chi connectivity index (χ2n) is 10.2. The van der Waals surface area contributed by atoms with Gasteiger partial charge in [-0.15, -0.1) is 0 Å². The van der Waals surface area contributed by atoms with Gasteiger partial charge in [0.05, 0.1) is 39.1 Å². The van der Waals surface area contributed by atoms with Gasteiger partial charge < -0.3 is 14.0 Å². The van der Waals surface area contributed by atoms with E-state index in [-0.39, 0.29) is 0 Å². The van der Waals surface area contributed by atoms with Crippen molar-refractivity contribution in [1.82, 2.24) is 9.13 Å². The molecular formula is C37H27N3. The van der Waals surface area contributed by atoms with Crippen molar-refractivity contribution in [1.29, 1.82) is 0 Å². The van der Waals surface area contributed by atoms with Crippen LogP contribution in [-0.4, -0.2) is 9.13 Å². The smallest absolute Gasteiger partial charge is 0.0783 e. The second kappa shape index (κ2) is 8.62. The molecule has 7 aromatic rings. The quantitative estimate of drug-likeness (QED) is 0.229. The molecule has 1 aliphatic heterocycles. The number of hydrogen-bond acceptors (Lipinski definition) is 1. The number of allylic oxidation sites excluding steroid dienone is 4. The predicted octanol–water partition coefficient (Wildman–Crippen LogP) is 9.97. The Morgan fingerprint density at radius 3 is 1.90 bits per heavy atom. The van der Waals surface area contributed by atoms with Crippen LogP contribution in [0.4, 0.5) is 11.4 Å². The highest BCUT2D eigenvalue weighted by molar-refractivity contribution is 6.18. The molecule has 5 aromatic carbocycles. The zero-order chi connectivity index (χ0) is 26.8. The van der Waals surface area contributed by atoms with Crippen LogP contribution < -0.4 is 4.90 Å². The van der Waals surface area contributed by atoms with Crippen molar-refractivity contribution in [2.75, 3.05) is 4.90 Å². The zero-order valence-corrected chi connectivity index (χ0v) is 22.3. The number of fused-ring (bicyclic) bond motifs is 6. The Hall–Kier alpha value is -5.28. The van der Waals surface area contributed by atoms with E-state index < -0.39 is 0 Å². The summed E-state index contributed by atoms with van der Waals surface area (Å²) < 4.78 is 4.80. The van der Waals surface area contributed by atoms with Gasteiger partial charge >= 0.3 is 0 Å². The van der Waals surface area contributed by atoms with Crippen LogP contribution in [-0.2, 0) is 0 Å². The van der Waals surface area contributed by atoms with Crippen LogP contribution in [0.2, 0.25) is 0 Å². The normalized spacial score (nSPS) is 15.3. The van der Waals surface area contributed by atoms with E-state index in [4.69, 9.17) is 0 Å². The highest BCUT2D eigenvalue weighted by Crippen LogP contribution is 2.48. The number of rotatable bonds is 3. The van der Waals surface area contributed by atoms with E-state index in [0.717, 1.165) is 22.8 Å². The molecule has 3 nitrogen and oxygen atoms in total. The van der Waals surface area contributed by atoms with Gasteiger partial charge in [0.2, 0.25) is 0 Å². The van der Waals surface area contributed by atoms with E-state index in [2.05, 4.69) is 155 Å². The first-order valence-electron chi connectivity index (χ1n) is 13.7. The fraction of sp³-hybridized carbons (Fsp3) is 0.0270. The van der Waals surface area contributed by atoms with Gasteiger partial charge in [-0.1, -0.05) is 85.5 Å². The van der Waals surface area contributed by atoms with Gasteiger partial charge in [-0.3, -0.25) is 0 Å². The molecule has 3 heteroatoms. The van der Waals surface area contributed by atoms with E-state index in [0.29, 0.717) is 0 Å². The molecule has 0 amide bonds. The van der Waals surface area contributed by atoms with Gasteiger partial charge in [-0.05, 0) is 61.5 Å². The number of hydrogen-bond donors (Lipinski definition) is 0. The van der Waals surface area contributed by atoms with Crippen LogP contribution in [0.5, 0.6) is 0 Å². The lowest BCUT2D eigenvalue weighted by Gasteiger charge is -2.35. The number of benzene rings is 5. The van der Waals surface area contributed by atoms with Gasteiger partial charge in [0, 0.05) is 32.9 Å². The third kappa shape index (κ3) is 3.00. The molecule has 190 valence electrons. The van der Waals surface area contributed by atoms with Crippen molar-refractivity contribution < 1.29 is 0 Å². The summed E-state index contributed by atoms with van der Waals surface area (Å²) in [7, 11) is 0. The standard InChI is InChI=1S/C37H27N3/c1-3-13-35-31(4-2)38(25-14-6-5-7-15-25)36-21-12-18-29-30-24-26(22-23-34(30)40(35)37(29)36)39-32-19-10-8-16-27(32)28-17-9-11-20-33(28)39/h3-24H,1H2,2H3/b31-4+,35-13?. The Balaban J connectivity index is 1.48. The molecule has 0 saturated carbocycles. The first-order chi connectivity index (χ1) is 19.8. The molecule has 0 atom stereocenters. The molecule has 0 fully saturated rings. The number of aromatic nitrogens is 2. The molecule has 0 saturated heterocycles. The first-order valence-corrected chi connectivity index (χ1v) is 13.7. The lowest BCUT2D eigenvalue weighted by molar-refractivity contribution is 1.08. The second-order valence-corrected chi connectivity index (χ2v) is 10.2. The van der Waals surface area contributed by atoms with Gasteiger partial charge in [0.15, 0.2) is 0 Å². The summed E-state index contributed by atoms with van der Waals surface area (Å²) in [5.41, 5.74) is 10.6. The Kier molecular flexibility index (Phi) is 4.89. The molecule has 8 rings (SSSR count). The molecule has 0 spiro atoms. The maximum absolute atomic E-state index is 4.07. The van der Waals surface area contributed by atoms with Crippen LogP contribution in [0.15, 0.2) is 146 Å². The molecular weight excluding hydrogens is 486 g/mol. The molecule has 3 heterocycles. The third-order valence-corrected chi connectivity index (χ3v) is 8.14. The summed E-state index contributed by atoms with van der Waals surface area (Å²) in [6.07, 6.45) is 6.21. The summed E-state index contributed by atoms with van der Waals surface area (Å²) in [5.74, 6) is 0. The first kappa shape index (κ1) is 22.7. The van der Waals surface area contributed by atoms with Crippen molar-refractivity contribution in [3.05, 3.63) is 146 Å². The largest absolute Gasteiger partial charge is 0.309 e. The minimum absolute atomic E-state index is 1.12. The lowest BCUT2D eigenvalue weighted by Crippen LogP contribution is -2.24. The summed E-state index contributed by atoms with van der Waals surface area (Å²) in [6.45, 7) is 6.18. The summed E-state index contributed by atoms with van der Waals surface area (Å²) >= 11 is 0. The highest BCUT2D eigenvalue weighted by atomic mass is 15.2. The van der Waals surface area contributed by atoms with E-state index in [1.165, 1.54) is 49.3 Å². The van der Waals surface area contributed by atoms with Gasteiger partial charge in [0.25, 0.3) is 0 Å². The lowest BCUT2D eigenvalue weighted by atomic mass is 10.1.